The molecular formula is C18H25N3O2. The summed E-state index contributed by atoms with van der Waals surface area (Å²) in [5.41, 5.74) is 0.964. The minimum absolute atomic E-state index is 0.389. The Morgan fingerprint density at radius 2 is 1.96 bits per heavy atom. The van der Waals surface area contributed by atoms with Crippen LogP contribution in [0.1, 0.15) is 61.9 Å². The molecule has 1 heterocycles. The molecule has 1 aliphatic carbocycles. The van der Waals surface area contributed by atoms with Crippen LogP contribution in [0, 0.1) is 0 Å². The lowest BCUT2D eigenvalue weighted by molar-refractivity contribution is 0.163. The average Bonchev–Trinajstić information content (AvgIpc) is 3.10. The molecule has 2 N–H and O–H groups in total. The minimum atomic E-state index is -0.447. The topological polar surface area (TPSA) is 71.2 Å². The summed E-state index contributed by atoms with van der Waals surface area (Å²) in [7, 11) is 0. The molecule has 124 valence electrons. The second-order valence-electron chi connectivity index (χ2n) is 6.29. The largest absolute Gasteiger partial charge is 0.387 e. The van der Waals surface area contributed by atoms with Crippen LogP contribution >= 0.6 is 0 Å². The van der Waals surface area contributed by atoms with E-state index in [0.29, 0.717) is 18.5 Å². The van der Waals surface area contributed by atoms with Crippen molar-refractivity contribution in [2.45, 2.75) is 57.1 Å². The van der Waals surface area contributed by atoms with Crippen molar-refractivity contribution in [3.63, 3.8) is 0 Å². The highest BCUT2D eigenvalue weighted by atomic mass is 16.5. The van der Waals surface area contributed by atoms with E-state index in [0.717, 1.165) is 49.4 Å². The zero-order chi connectivity index (χ0) is 16.1. The molecule has 1 atom stereocenters. The second kappa shape index (κ2) is 7.70. The Morgan fingerprint density at radius 1 is 1.22 bits per heavy atom. The highest BCUT2D eigenvalue weighted by Crippen LogP contribution is 2.32. The van der Waals surface area contributed by atoms with Crippen molar-refractivity contribution in [1.29, 1.82) is 0 Å². The molecule has 1 aliphatic rings. The molecule has 0 bridgehead atoms. The van der Waals surface area contributed by atoms with E-state index in [4.69, 9.17) is 4.52 Å². The minimum Gasteiger partial charge on any atom is -0.387 e. The lowest BCUT2D eigenvalue weighted by Gasteiger charge is -2.28. The van der Waals surface area contributed by atoms with Crippen LogP contribution in [0.2, 0.25) is 0 Å². The third kappa shape index (κ3) is 4.18. The quantitative estimate of drug-likeness (QED) is 0.857. The van der Waals surface area contributed by atoms with Gasteiger partial charge in [-0.1, -0.05) is 42.4 Å². The molecule has 5 nitrogen and oxygen atoms in total. The third-order valence-electron chi connectivity index (χ3n) is 4.66. The molecule has 1 saturated carbocycles. The van der Waals surface area contributed by atoms with Gasteiger partial charge in [0.1, 0.15) is 0 Å². The Balaban J connectivity index is 1.44. The fraction of sp³-hybridized carbons (Fsp3) is 0.556. The van der Waals surface area contributed by atoms with Gasteiger partial charge < -0.3 is 14.9 Å². The van der Waals surface area contributed by atoms with Crippen molar-refractivity contribution >= 4 is 0 Å². The van der Waals surface area contributed by atoms with E-state index in [1.54, 1.807) is 0 Å². The smallest absolute Gasteiger partial charge is 0.229 e. The molecule has 3 rings (SSSR count). The fourth-order valence-corrected chi connectivity index (χ4v) is 3.19. The van der Waals surface area contributed by atoms with E-state index in [9.17, 15) is 5.11 Å². The van der Waals surface area contributed by atoms with Crippen molar-refractivity contribution < 1.29 is 9.63 Å². The van der Waals surface area contributed by atoms with Gasteiger partial charge in [0.15, 0.2) is 5.82 Å². The molecule has 5 heteroatoms. The van der Waals surface area contributed by atoms with Crippen molar-refractivity contribution in [3.8, 4) is 0 Å². The summed E-state index contributed by atoms with van der Waals surface area (Å²) in [6.45, 7) is 2.63. The molecule has 0 saturated heterocycles. The van der Waals surface area contributed by atoms with Gasteiger partial charge in [-0.15, -0.1) is 0 Å². The first-order valence-electron chi connectivity index (χ1n) is 8.55. The Bertz CT molecular complexity index is 591. The molecule has 0 spiro atoms. The van der Waals surface area contributed by atoms with Crippen LogP contribution in [-0.2, 0) is 6.42 Å². The van der Waals surface area contributed by atoms with Crippen LogP contribution in [0.3, 0.4) is 0 Å². The van der Waals surface area contributed by atoms with Crippen LogP contribution in [0.15, 0.2) is 34.9 Å². The maximum absolute atomic E-state index is 10.2. The van der Waals surface area contributed by atoms with Gasteiger partial charge in [0.2, 0.25) is 5.89 Å². The number of nitrogens with one attached hydrogen (secondary N) is 1. The Hall–Kier alpha value is -1.72. The Kier molecular flexibility index (Phi) is 5.41. The zero-order valence-electron chi connectivity index (χ0n) is 13.6. The molecule has 1 aromatic heterocycles. The fourth-order valence-electron chi connectivity index (χ4n) is 3.19. The van der Waals surface area contributed by atoms with Crippen LogP contribution in [-0.4, -0.2) is 27.8 Å². The van der Waals surface area contributed by atoms with Gasteiger partial charge in [-0.3, -0.25) is 0 Å². The molecule has 0 radical (unpaired) electrons. The van der Waals surface area contributed by atoms with E-state index < -0.39 is 6.10 Å². The average molecular weight is 315 g/mol. The number of aliphatic hydroxyl groups excluding tert-OH is 1. The van der Waals surface area contributed by atoms with Crippen molar-refractivity contribution in [3.05, 3.63) is 47.6 Å². The van der Waals surface area contributed by atoms with Crippen LogP contribution in [0.4, 0.5) is 0 Å². The van der Waals surface area contributed by atoms with Gasteiger partial charge in [0, 0.05) is 24.9 Å². The summed E-state index contributed by atoms with van der Waals surface area (Å²) < 4.78 is 5.36. The molecule has 0 amide bonds. The number of hydrogen-bond donors (Lipinski definition) is 2. The molecule has 1 fully saturated rings. The van der Waals surface area contributed by atoms with Gasteiger partial charge in [0.25, 0.3) is 0 Å². The van der Waals surface area contributed by atoms with Gasteiger partial charge in [0.05, 0.1) is 6.10 Å². The summed E-state index contributed by atoms with van der Waals surface area (Å²) in [4.78, 5) is 4.45. The summed E-state index contributed by atoms with van der Waals surface area (Å²) in [5, 5.41) is 17.7. The van der Waals surface area contributed by atoms with Crippen LogP contribution < -0.4 is 5.32 Å². The standard InChI is InChI=1S/C18H25N3O2/c1-2-17-20-18(23-21-17)14-8-10-15(11-9-14)19-12-16(22)13-6-4-3-5-7-13/h3-7,14-16,19,22H,2,8-12H2,1H3. The Labute approximate surface area is 137 Å². The van der Waals surface area contributed by atoms with E-state index >= 15 is 0 Å². The number of rotatable bonds is 6. The van der Waals surface area contributed by atoms with Gasteiger partial charge in [-0.2, -0.15) is 4.98 Å². The van der Waals surface area contributed by atoms with Crippen LogP contribution in [0.5, 0.6) is 0 Å². The first kappa shape index (κ1) is 16.1. The maximum atomic E-state index is 10.2. The number of hydrogen-bond acceptors (Lipinski definition) is 5. The number of nitrogens with zero attached hydrogens (tertiary/aromatic N) is 2. The van der Waals surface area contributed by atoms with Gasteiger partial charge >= 0.3 is 0 Å². The molecule has 1 unspecified atom stereocenters. The lowest BCUT2D eigenvalue weighted by Crippen LogP contribution is -2.35. The van der Waals surface area contributed by atoms with Crippen molar-refractivity contribution in [1.82, 2.24) is 15.5 Å². The summed E-state index contributed by atoms with van der Waals surface area (Å²) >= 11 is 0. The van der Waals surface area contributed by atoms with Crippen molar-refractivity contribution in [2.75, 3.05) is 6.54 Å². The van der Waals surface area contributed by atoms with Gasteiger partial charge in [-0.05, 0) is 31.2 Å². The molecule has 1 aromatic carbocycles. The lowest BCUT2D eigenvalue weighted by atomic mass is 9.86. The predicted molar refractivity (Wildman–Crippen MR) is 88.1 cm³/mol. The molecule has 23 heavy (non-hydrogen) atoms. The summed E-state index contributed by atoms with van der Waals surface area (Å²) in [6, 6.07) is 10.3. The Morgan fingerprint density at radius 3 is 2.61 bits per heavy atom. The summed E-state index contributed by atoms with van der Waals surface area (Å²) in [5.74, 6) is 1.98. The molecule has 2 aromatic rings. The van der Waals surface area contributed by atoms with Gasteiger partial charge in [-0.25, -0.2) is 0 Å². The number of aromatic nitrogens is 2. The monoisotopic (exact) mass is 315 g/mol. The van der Waals surface area contributed by atoms with E-state index in [1.165, 1.54) is 0 Å². The first-order valence-corrected chi connectivity index (χ1v) is 8.55. The number of aliphatic hydroxyl groups is 1. The summed E-state index contributed by atoms with van der Waals surface area (Å²) in [6.07, 6.45) is 4.65. The maximum Gasteiger partial charge on any atom is 0.229 e. The van der Waals surface area contributed by atoms with Crippen LogP contribution in [0.25, 0.3) is 0 Å². The van der Waals surface area contributed by atoms with Crippen molar-refractivity contribution in [2.24, 2.45) is 0 Å². The van der Waals surface area contributed by atoms with E-state index in [2.05, 4.69) is 15.5 Å². The second-order valence-corrected chi connectivity index (χ2v) is 6.29. The zero-order valence-corrected chi connectivity index (χ0v) is 13.6. The SMILES string of the molecule is CCc1noc(C2CCC(NCC(O)c3ccccc3)CC2)n1. The molecular weight excluding hydrogens is 290 g/mol. The number of benzene rings is 1. The highest BCUT2D eigenvalue weighted by molar-refractivity contribution is 5.17. The number of aryl methyl sites for hydroxylation is 1. The predicted octanol–water partition coefficient (Wildman–Crippen LogP) is 2.98. The van der Waals surface area contributed by atoms with E-state index in [1.807, 2.05) is 37.3 Å². The molecule has 0 aliphatic heterocycles. The first-order chi connectivity index (χ1) is 11.3. The highest BCUT2D eigenvalue weighted by Gasteiger charge is 2.26. The van der Waals surface area contributed by atoms with E-state index in [-0.39, 0.29) is 0 Å². The normalized spacial score (nSPS) is 22.9. The third-order valence-corrected chi connectivity index (χ3v) is 4.66.